The number of aryl methyl sites for hydroxylation is 3. The highest BCUT2D eigenvalue weighted by atomic mass is 32.2. The first-order chi connectivity index (χ1) is 10.5. The lowest BCUT2D eigenvalue weighted by Gasteiger charge is -2.08. The number of benzene rings is 1. The number of carbonyl (C=O) groups excluding carboxylic acids is 1. The summed E-state index contributed by atoms with van der Waals surface area (Å²) in [4.78, 5) is 12.1. The third kappa shape index (κ3) is 3.32. The van der Waals surface area contributed by atoms with Crippen molar-refractivity contribution in [2.75, 3.05) is 11.1 Å². The van der Waals surface area contributed by atoms with Gasteiger partial charge in [-0.15, -0.1) is 10.2 Å². The van der Waals surface area contributed by atoms with Crippen molar-refractivity contribution in [3.63, 3.8) is 0 Å². The van der Waals surface area contributed by atoms with Crippen LogP contribution >= 0.6 is 11.8 Å². The molecule has 1 heterocycles. The van der Waals surface area contributed by atoms with Crippen LogP contribution in [0, 0.1) is 20.8 Å². The van der Waals surface area contributed by atoms with E-state index < -0.39 is 0 Å². The van der Waals surface area contributed by atoms with Crippen molar-refractivity contribution >= 4 is 23.4 Å². The lowest BCUT2D eigenvalue weighted by Crippen LogP contribution is -2.14. The maximum absolute atomic E-state index is 12.1. The van der Waals surface area contributed by atoms with Gasteiger partial charge in [0.25, 0.3) is 0 Å². The molecule has 0 bridgehead atoms. The minimum atomic E-state index is -0.0174. The van der Waals surface area contributed by atoms with Crippen LogP contribution in [-0.4, -0.2) is 26.4 Å². The van der Waals surface area contributed by atoms with E-state index in [9.17, 15) is 4.79 Å². The van der Waals surface area contributed by atoms with Crippen LogP contribution in [0.25, 0.3) is 0 Å². The minimum absolute atomic E-state index is 0.0174. The molecule has 0 spiro atoms. The van der Waals surface area contributed by atoms with Gasteiger partial charge in [0.05, 0.1) is 5.75 Å². The van der Waals surface area contributed by atoms with Crippen molar-refractivity contribution in [2.45, 2.75) is 44.8 Å². The van der Waals surface area contributed by atoms with Gasteiger partial charge >= 0.3 is 0 Å². The van der Waals surface area contributed by atoms with Crippen LogP contribution < -0.4 is 5.32 Å². The summed E-state index contributed by atoms with van der Waals surface area (Å²) in [7, 11) is 0. The molecule has 1 N–H and O–H groups in total. The molecule has 0 atom stereocenters. The van der Waals surface area contributed by atoms with E-state index >= 15 is 0 Å². The molecule has 5 nitrogen and oxygen atoms in total. The van der Waals surface area contributed by atoms with E-state index in [-0.39, 0.29) is 5.91 Å². The minimum Gasteiger partial charge on any atom is -0.325 e. The zero-order chi connectivity index (χ0) is 15.7. The van der Waals surface area contributed by atoms with Crippen molar-refractivity contribution in [3.05, 3.63) is 35.2 Å². The van der Waals surface area contributed by atoms with Crippen LogP contribution in [0.4, 0.5) is 5.69 Å². The second-order valence-corrected chi connectivity index (χ2v) is 6.71. The number of aromatic nitrogens is 3. The van der Waals surface area contributed by atoms with Crippen molar-refractivity contribution in [1.82, 2.24) is 14.8 Å². The number of amides is 1. The molecule has 0 radical (unpaired) electrons. The Hall–Kier alpha value is -1.82. The molecule has 0 unspecified atom stereocenters. The molecule has 1 aliphatic rings. The van der Waals surface area contributed by atoms with Gasteiger partial charge in [-0.3, -0.25) is 4.79 Å². The van der Waals surface area contributed by atoms with Crippen LogP contribution in [0.3, 0.4) is 0 Å². The standard InChI is InChI=1S/C16H20N4OS/c1-10-4-5-13(8-11(10)2)17-15(21)9-22-16-19-18-12(3)20(16)14-6-7-14/h4-5,8,14H,6-7,9H2,1-3H3,(H,17,21). The number of carbonyl (C=O) groups is 1. The van der Waals surface area contributed by atoms with Gasteiger partial charge in [-0.25, -0.2) is 0 Å². The van der Waals surface area contributed by atoms with Crippen LogP contribution in [0.5, 0.6) is 0 Å². The van der Waals surface area contributed by atoms with Crippen LogP contribution in [0.1, 0.15) is 35.8 Å². The first kappa shape index (κ1) is 15.1. The molecule has 2 aromatic rings. The number of hydrogen-bond donors (Lipinski definition) is 1. The number of hydrogen-bond acceptors (Lipinski definition) is 4. The first-order valence-electron chi connectivity index (χ1n) is 7.46. The van der Waals surface area contributed by atoms with Gasteiger partial charge in [0, 0.05) is 11.7 Å². The number of thioether (sulfide) groups is 1. The molecule has 22 heavy (non-hydrogen) atoms. The van der Waals surface area contributed by atoms with Gasteiger partial charge in [-0.2, -0.15) is 0 Å². The van der Waals surface area contributed by atoms with E-state index in [1.165, 1.54) is 35.7 Å². The summed E-state index contributed by atoms with van der Waals surface area (Å²) in [5.41, 5.74) is 3.24. The third-order valence-electron chi connectivity index (χ3n) is 3.87. The Morgan fingerprint density at radius 1 is 1.27 bits per heavy atom. The Morgan fingerprint density at radius 2 is 2.05 bits per heavy atom. The van der Waals surface area contributed by atoms with E-state index in [2.05, 4.69) is 27.0 Å². The quantitative estimate of drug-likeness (QED) is 0.860. The molecule has 1 saturated carbocycles. The van der Waals surface area contributed by atoms with Crippen molar-refractivity contribution < 1.29 is 4.79 Å². The molecule has 1 amide bonds. The summed E-state index contributed by atoms with van der Waals surface area (Å²) in [5.74, 6) is 1.26. The van der Waals surface area contributed by atoms with E-state index in [1.54, 1.807) is 0 Å². The number of anilines is 1. The molecule has 1 aromatic carbocycles. The van der Waals surface area contributed by atoms with E-state index in [4.69, 9.17) is 0 Å². The highest BCUT2D eigenvalue weighted by molar-refractivity contribution is 7.99. The normalized spacial score (nSPS) is 14.1. The molecule has 1 aromatic heterocycles. The average molecular weight is 316 g/mol. The van der Waals surface area contributed by atoms with Crippen LogP contribution in [0.15, 0.2) is 23.4 Å². The molecule has 0 aliphatic heterocycles. The zero-order valence-electron chi connectivity index (χ0n) is 13.1. The number of rotatable bonds is 5. The Kier molecular flexibility index (Phi) is 4.20. The summed E-state index contributed by atoms with van der Waals surface area (Å²) < 4.78 is 2.15. The topological polar surface area (TPSA) is 59.8 Å². The molecule has 1 aliphatic carbocycles. The predicted molar refractivity (Wildman–Crippen MR) is 88.3 cm³/mol. The Bertz CT molecular complexity index is 706. The van der Waals surface area contributed by atoms with Crippen molar-refractivity contribution in [3.8, 4) is 0 Å². The Morgan fingerprint density at radius 3 is 2.73 bits per heavy atom. The van der Waals surface area contributed by atoms with Gasteiger partial charge in [0.1, 0.15) is 5.82 Å². The second kappa shape index (κ2) is 6.12. The Balaban J connectivity index is 1.59. The van der Waals surface area contributed by atoms with Gasteiger partial charge in [0.2, 0.25) is 5.91 Å². The molecule has 1 fully saturated rings. The third-order valence-corrected chi connectivity index (χ3v) is 4.81. The van der Waals surface area contributed by atoms with Crippen LogP contribution in [-0.2, 0) is 4.79 Å². The van der Waals surface area contributed by atoms with Crippen LogP contribution in [0.2, 0.25) is 0 Å². The predicted octanol–water partition coefficient (Wildman–Crippen LogP) is 3.27. The molecular formula is C16H20N4OS. The van der Waals surface area contributed by atoms with E-state index in [0.29, 0.717) is 11.8 Å². The summed E-state index contributed by atoms with van der Waals surface area (Å²) >= 11 is 1.45. The highest BCUT2D eigenvalue weighted by Crippen LogP contribution is 2.38. The van der Waals surface area contributed by atoms with E-state index in [1.807, 2.05) is 32.0 Å². The lowest BCUT2D eigenvalue weighted by molar-refractivity contribution is -0.113. The fourth-order valence-electron chi connectivity index (χ4n) is 2.35. The maximum Gasteiger partial charge on any atom is 0.234 e. The van der Waals surface area contributed by atoms with Crippen molar-refractivity contribution in [1.29, 1.82) is 0 Å². The van der Waals surface area contributed by atoms with Gasteiger partial charge in [-0.1, -0.05) is 17.8 Å². The summed E-state index contributed by atoms with van der Waals surface area (Å²) in [6.45, 7) is 6.06. The molecule has 116 valence electrons. The second-order valence-electron chi connectivity index (χ2n) is 5.77. The molecule has 0 saturated heterocycles. The average Bonchev–Trinajstić information content (AvgIpc) is 3.24. The lowest BCUT2D eigenvalue weighted by atomic mass is 10.1. The number of nitrogens with zero attached hydrogens (tertiary/aromatic N) is 3. The zero-order valence-corrected chi connectivity index (χ0v) is 13.9. The van der Waals surface area contributed by atoms with Crippen molar-refractivity contribution in [2.24, 2.45) is 0 Å². The smallest absolute Gasteiger partial charge is 0.234 e. The highest BCUT2D eigenvalue weighted by Gasteiger charge is 2.28. The largest absolute Gasteiger partial charge is 0.325 e. The molecule has 6 heteroatoms. The van der Waals surface area contributed by atoms with Gasteiger partial charge < -0.3 is 9.88 Å². The van der Waals surface area contributed by atoms with Gasteiger partial charge in [0.15, 0.2) is 5.16 Å². The van der Waals surface area contributed by atoms with Gasteiger partial charge in [-0.05, 0) is 56.9 Å². The summed E-state index contributed by atoms with van der Waals surface area (Å²) in [6, 6.07) is 6.47. The fourth-order valence-corrected chi connectivity index (χ4v) is 3.20. The fraction of sp³-hybridized carbons (Fsp3) is 0.438. The summed E-state index contributed by atoms with van der Waals surface area (Å²) in [5, 5.41) is 12.1. The van der Waals surface area contributed by atoms with E-state index in [0.717, 1.165) is 16.7 Å². The monoisotopic (exact) mass is 316 g/mol. The SMILES string of the molecule is Cc1ccc(NC(=O)CSc2nnc(C)n2C2CC2)cc1C. The molecule has 3 rings (SSSR count). The summed E-state index contributed by atoms with van der Waals surface area (Å²) in [6.07, 6.45) is 2.36. The molecular weight excluding hydrogens is 296 g/mol. The maximum atomic E-state index is 12.1. The first-order valence-corrected chi connectivity index (χ1v) is 8.44. The Labute approximate surface area is 134 Å². The number of nitrogens with one attached hydrogen (secondary N) is 1.